The SMILES string of the molecule is CC(C)(C)[Si](OC1C=CC=CO1)(c1ccccc1)c1ccccc1. The van der Waals surface area contributed by atoms with Gasteiger partial charge in [-0.25, -0.2) is 0 Å². The predicted molar refractivity (Wildman–Crippen MR) is 102 cm³/mol. The number of benzene rings is 2. The molecule has 0 fully saturated rings. The van der Waals surface area contributed by atoms with Gasteiger partial charge in [-0.1, -0.05) is 87.5 Å². The van der Waals surface area contributed by atoms with Crippen LogP contribution >= 0.6 is 0 Å². The summed E-state index contributed by atoms with van der Waals surface area (Å²) in [5, 5.41) is 2.47. The summed E-state index contributed by atoms with van der Waals surface area (Å²) >= 11 is 0. The van der Waals surface area contributed by atoms with Gasteiger partial charge in [0.05, 0.1) is 6.26 Å². The monoisotopic (exact) mass is 336 g/mol. The van der Waals surface area contributed by atoms with Crippen molar-refractivity contribution in [3.05, 3.63) is 85.2 Å². The fourth-order valence-electron chi connectivity index (χ4n) is 3.30. The highest BCUT2D eigenvalue weighted by Crippen LogP contribution is 2.37. The smallest absolute Gasteiger partial charge is 0.266 e. The van der Waals surface area contributed by atoms with Gasteiger partial charge in [0.1, 0.15) is 0 Å². The molecule has 1 aliphatic heterocycles. The third-order valence-corrected chi connectivity index (χ3v) is 9.37. The molecule has 2 aromatic carbocycles. The molecule has 2 nitrogen and oxygen atoms in total. The summed E-state index contributed by atoms with van der Waals surface area (Å²) < 4.78 is 12.5. The zero-order chi connectivity index (χ0) is 17.0. The molecule has 0 saturated carbocycles. The second-order valence-corrected chi connectivity index (χ2v) is 11.3. The predicted octanol–water partition coefficient (Wildman–Crippen LogP) is 3.99. The topological polar surface area (TPSA) is 18.5 Å². The lowest BCUT2D eigenvalue weighted by atomic mass is 10.2. The van der Waals surface area contributed by atoms with Crippen molar-refractivity contribution in [1.29, 1.82) is 0 Å². The van der Waals surface area contributed by atoms with Crippen LogP contribution in [0.4, 0.5) is 0 Å². The minimum absolute atomic E-state index is 0.0476. The van der Waals surface area contributed by atoms with E-state index in [0.29, 0.717) is 0 Å². The molecule has 1 heterocycles. The van der Waals surface area contributed by atoms with Gasteiger partial charge in [0.25, 0.3) is 8.32 Å². The molecule has 0 radical (unpaired) electrons. The molecule has 1 atom stereocenters. The van der Waals surface area contributed by atoms with E-state index in [4.69, 9.17) is 9.16 Å². The lowest BCUT2D eigenvalue weighted by Gasteiger charge is -2.44. The van der Waals surface area contributed by atoms with Gasteiger partial charge in [-0.05, 0) is 27.6 Å². The molecule has 0 aromatic heterocycles. The Balaban J connectivity index is 2.17. The Labute approximate surface area is 145 Å². The molecule has 0 bridgehead atoms. The van der Waals surface area contributed by atoms with E-state index in [0.717, 1.165) is 0 Å². The molecule has 0 spiro atoms. The van der Waals surface area contributed by atoms with Gasteiger partial charge in [0.2, 0.25) is 6.29 Å². The summed E-state index contributed by atoms with van der Waals surface area (Å²) in [6, 6.07) is 21.2. The summed E-state index contributed by atoms with van der Waals surface area (Å²) in [6.07, 6.45) is 7.17. The third-order valence-electron chi connectivity index (χ3n) is 4.38. The zero-order valence-electron chi connectivity index (χ0n) is 14.5. The van der Waals surface area contributed by atoms with Gasteiger partial charge in [-0.2, -0.15) is 0 Å². The molecule has 1 aliphatic rings. The van der Waals surface area contributed by atoms with E-state index in [1.165, 1.54) is 10.4 Å². The maximum absolute atomic E-state index is 6.79. The Hall–Kier alpha value is -2.10. The number of hydrogen-bond acceptors (Lipinski definition) is 2. The van der Waals surface area contributed by atoms with Crippen LogP contribution in [0, 0.1) is 0 Å². The van der Waals surface area contributed by atoms with Gasteiger partial charge in [-0.15, -0.1) is 0 Å². The molecule has 124 valence electrons. The highest BCUT2D eigenvalue weighted by atomic mass is 28.4. The molecule has 3 rings (SSSR count). The van der Waals surface area contributed by atoms with Gasteiger partial charge in [0.15, 0.2) is 0 Å². The molecule has 3 heteroatoms. The van der Waals surface area contributed by atoms with Crippen molar-refractivity contribution in [1.82, 2.24) is 0 Å². The molecule has 0 saturated heterocycles. The van der Waals surface area contributed by atoms with E-state index in [1.807, 2.05) is 18.2 Å². The Morgan fingerprint density at radius 3 is 1.79 bits per heavy atom. The maximum atomic E-state index is 6.79. The lowest BCUT2D eigenvalue weighted by Crippen LogP contribution is -2.67. The van der Waals surface area contributed by atoms with Crippen molar-refractivity contribution in [2.45, 2.75) is 32.1 Å². The number of rotatable bonds is 4. The Bertz CT molecular complexity index is 675. The van der Waals surface area contributed by atoms with Crippen LogP contribution < -0.4 is 10.4 Å². The van der Waals surface area contributed by atoms with Gasteiger partial charge < -0.3 is 9.16 Å². The average Bonchev–Trinajstić information content (AvgIpc) is 2.61. The van der Waals surface area contributed by atoms with E-state index in [9.17, 15) is 0 Å². The molecule has 1 unspecified atom stereocenters. The first-order valence-corrected chi connectivity index (χ1v) is 10.2. The van der Waals surface area contributed by atoms with Crippen molar-refractivity contribution in [2.24, 2.45) is 0 Å². The van der Waals surface area contributed by atoms with Crippen LogP contribution in [0.1, 0.15) is 20.8 Å². The van der Waals surface area contributed by atoms with E-state index < -0.39 is 8.32 Å². The Kier molecular flexibility index (Phi) is 4.74. The van der Waals surface area contributed by atoms with Crippen LogP contribution in [-0.2, 0) is 9.16 Å². The molecular weight excluding hydrogens is 312 g/mol. The normalized spacial score (nSPS) is 17.5. The van der Waals surface area contributed by atoms with Crippen LogP contribution in [0.5, 0.6) is 0 Å². The van der Waals surface area contributed by atoms with Crippen LogP contribution in [0.2, 0.25) is 5.04 Å². The van der Waals surface area contributed by atoms with Crippen molar-refractivity contribution in [3.8, 4) is 0 Å². The van der Waals surface area contributed by atoms with Crippen molar-refractivity contribution in [3.63, 3.8) is 0 Å². The molecule has 0 N–H and O–H groups in total. The molecule has 0 aliphatic carbocycles. The van der Waals surface area contributed by atoms with Crippen molar-refractivity contribution in [2.75, 3.05) is 0 Å². The second kappa shape index (κ2) is 6.79. The van der Waals surface area contributed by atoms with Crippen LogP contribution in [0.25, 0.3) is 0 Å². The highest BCUT2D eigenvalue weighted by molar-refractivity contribution is 6.99. The summed E-state index contributed by atoms with van der Waals surface area (Å²) in [5.74, 6) is 0. The first-order valence-electron chi connectivity index (χ1n) is 8.32. The van der Waals surface area contributed by atoms with Gasteiger partial charge in [0, 0.05) is 0 Å². The fraction of sp³-hybridized carbons (Fsp3) is 0.238. The molecule has 2 aromatic rings. The summed E-state index contributed by atoms with van der Waals surface area (Å²) in [7, 11) is -2.55. The molecule has 24 heavy (non-hydrogen) atoms. The van der Waals surface area contributed by atoms with Crippen LogP contribution in [-0.4, -0.2) is 14.6 Å². The molecule has 0 amide bonds. The fourth-order valence-corrected chi connectivity index (χ4v) is 7.80. The minimum Gasteiger partial charge on any atom is -0.470 e. The lowest BCUT2D eigenvalue weighted by molar-refractivity contribution is 0.0000617. The van der Waals surface area contributed by atoms with Crippen LogP contribution in [0.15, 0.2) is 85.2 Å². The first kappa shape index (κ1) is 16.7. The van der Waals surface area contributed by atoms with E-state index in [2.05, 4.69) is 81.4 Å². The quantitative estimate of drug-likeness (QED) is 0.786. The van der Waals surface area contributed by atoms with Crippen molar-refractivity contribution < 1.29 is 9.16 Å². The van der Waals surface area contributed by atoms with Gasteiger partial charge in [-0.3, -0.25) is 0 Å². The zero-order valence-corrected chi connectivity index (χ0v) is 15.5. The van der Waals surface area contributed by atoms with Gasteiger partial charge >= 0.3 is 0 Å². The van der Waals surface area contributed by atoms with E-state index in [-0.39, 0.29) is 11.3 Å². The standard InChI is InChI=1S/C21H24O2Si/c1-21(2,3)24(18-12-6-4-7-13-18,19-14-8-5-9-15-19)23-20-16-10-11-17-22-20/h4-17,20H,1-3H3. The summed E-state index contributed by atoms with van der Waals surface area (Å²) in [6.45, 7) is 6.80. The van der Waals surface area contributed by atoms with E-state index in [1.54, 1.807) is 6.26 Å². The average molecular weight is 337 g/mol. The van der Waals surface area contributed by atoms with Crippen LogP contribution in [0.3, 0.4) is 0 Å². The highest BCUT2D eigenvalue weighted by Gasteiger charge is 2.51. The molecular formula is C21H24O2Si. The Morgan fingerprint density at radius 2 is 1.38 bits per heavy atom. The second-order valence-electron chi connectivity index (χ2n) is 7.00. The first-order chi connectivity index (χ1) is 11.5. The summed E-state index contributed by atoms with van der Waals surface area (Å²) in [4.78, 5) is 0. The number of ether oxygens (including phenoxy) is 1. The Morgan fingerprint density at radius 1 is 0.833 bits per heavy atom. The third kappa shape index (κ3) is 3.10. The van der Waals surface area contributed by atoms with Crippen molar-refractivity contribution >= 4 is 18.7 Å². The largest absolute Gasteiger partial charge is 0.470 e. The number of hydrogen-bond donors (Lipinski definition) is 0. The maximum Gasteiger partial charge on any atom is 0.266 e. The summed E-state index contributed by atoms with van der Waals surface area (Å²) in [5.41, 5.74) is 0. The number of allylic oxidation sites excluding steroid dienone is 2. The van der Waals surface area contributed by atoms with E-state index >= 15 is 0 Å². The minimum atomic E-state index is -2.55.